The molecule has 1 unspecified atom stereocenters. The van der Waals surface area contributed by atoms with Gasteiger partial charge in [-0.25, -0.2) is 22.2 Å². The minimum Gasteiger partial charge on any atom is -0.295 e. The lowest BCUT2D eigenvalue weighted by Crippen LogP contribution is -2.52. The summed E-state index contributed by atoms with van der Waals surface area (Å²) in [7, 11) is 0. The summed E-state index contributed by atoms with van der Waals surface area (Å²) in [5, 5.41) is 12.8. The zero-order valence-electron chi connectivity index (χ0n) is 13.3. The number of rotatable bonds is 3. The van der Waals surface area contributed by atoms with Gasteiger partial charge in [-0.05, 0) is 6.42 Å². The van der Waals surface area contributed by atoms with Crippen LogP contribution in [-0.2, 0) is 11.2 Å². The molecule has 25 heavy (non-hydrogen) atoms. The number of hydrogen-bond donors (Lipinski definition) is 0. The van der Waals surface area contributed by atoms with Gasteiger partial charge in [0, 0.05) is 12.1 Å². The van der Waals surface area contributed by atoms with Gasteiger partial charge in [-0.3, -0.25) is 9.69 Å². The number of nitriles is 1. The first-order chi connectivity index (χ1) is 11.8. The second-order valence-corrected chi connectivity index (χ2v) is 5.69. The number of carbonyl (C=O) groups is 1. The molecule has 1 amide bonds. The Morgan fingerprint density at radius 2 is 1.84 bits per heavy atom. The van der Waals surface area contributed by atoms with Crippen molar-refractivity contribution in [3.63, 3.8) is 0 Å². The highest BCUT2D eigenvalue weighted by molar-refractivity contribution is 6.01. The number of halogens is 4. The molecule has 5 nitrogen and oxygen atoms in total. The maximum Gasteiger partial charge on any atom is 0.232 e. The van der Waals surface area contributed by atoms with Crippen LogP contribution in [0.3, 0.4) is 0 Å². The van der Waals surface area contributed by atoms with Crippen molar-refractivity contribution in [2.75, 3.05) is 11.4 Å². The molecular formula is C16H12F4N4O. The highest BCUT2D eigenvalue weighted by Crippen LogP contribution is 2.34. The molecule has 130 valence electrons. The van der Waals surface area contributed by atoms with Crippen molar-refractivity contribution in [3.05, 3.63) is 40.6 Å². The lowest BCUT2D eigenvalue weighted by molar-refractivity contribution is -0.126. The summed E-state index contributed by atoms with van der Waals surface area (Å²) < 4.78 is 57.5. The number of β-lactam (4-membered cyclic amide) rings is 1. The normalized spacial score (nSPS) is 16.8. The number of carbonyl (C=O) groups excluding carboxylic acids is 1. The Morgan fingerprint density at radius 3 is 2.28 bits per heavy atom. The molecule has 1 atom stereocenters. The summed E-state index contributed by atoms with van der Waals surface area (Å²) in [6.45, 7) is 3.19. The molecular weight excluding hydrogens is 340 g/mol. The number of amides is 1. The molecule has 0 N–H and O–H groups in total. The van der Waals surface area contributed by atoms with Crippen LogP contribution in [0.25, 0.3) is 5.69 Å². The topological polar surface area (TPSA) is 61.9 Å². The Kier molecular flexibility index (Phi) is 3.99. The van der Waals surface area contributed by atoms with E-state index in [0.29, 0.717) is 4.68 Å². The van der Waals surface area contributed by atoms with Crippen molar-refractivity contribution >= 4 is 11.7 Å². The van der Waals surface area contributed by atoms with Gasteiger partial charge in [-0.1, -0.05) is 13.8 Å². The molecule has 1 aromatic heterocycles. The Labute approximate surface area is 140 Å². The van der Waals surface area contributed by atoms with Gasteiger partial charge in [0.25, 0.3) is 0 Å². The van der Waals surface area contributed by atoms with Gasteiger partial charge < -0.3 is 0 Å². The molecule has 3 rings (SSSR count). The van der Waals surface area contributed by atoms with Crippen molar-refractivity contribution < 1.29 is 22.4 Å². The second-order valence-electron chi connectivity index (χ2n) is 5.69. The fourth-order valence-electron chi connectivity index (χ4n) is 2.79. The van der Waals surface area contributed by atoms with E-state index in [1.807, 2.05) is 0 Å². The number of benzene rings is 1. The summed E-state index contributed by atoms with van der Waals surface area (Å²) in [6.07, 6.45) is 0.733. The second kappa shape index (κ2) is 5.88. The number of hydrogen-bond acceptors (Lipinski definition) is 3. The summed E-state index contributed by atoms with van der Waals surface area (Å²) >= 11 is 0. The Bertz CT molecular complexity index is 902. The van der Waals surface area contributed by atoms with Crippen LogP contribution < -0.4 is 4.90 Å². The van der Waals surface area contributed by atoms with Crippen LogP contribution in [0.15, 0.2) is 6.20 Å². The summed E-state index contributed by atoms with van der Waals surface area (Å²) in [5.74, 6) is -7.26. The van der Waals surface area contributed by atoms with Crippen LogP contribution in [0.4, 0.5) is 23.4 Å². The molecule has 0 radical (unpaired) electrons. The minimum absolute atomic E-state index is 0.139. The third-order valence-corrected chi connectivity index (χ3v) is 4.16. The molecule has 1 aromatic carbocycles. The maximum atomic E-state index is 14.4. The van der Waals surface area contributed by atoms with Crippen LogP contribution in [0, 0.1) is 40.5 Å². The van der Waals surface area contributed by atoms with E-state index in [2.05, 4.69) is 5.10 Å². The van der Waals surface area contributed by atoms with Crippen molar-refractivity contribution in [3.8, 4) is 11.8 Å². The maximum absolute atomic E-state index is 14.4. The molecule has 9 heteroatoms. The van der Waals surface area contributed by atoms with E-state index in [1.54, 1.807) is 13.0 Å². The zero-order valence-corrected chi connectivity index (χ0v) is 13.3. The predicted octanol–water partition coefficient (Wildman–Crippen LogP) is 2.85. The van der Waals surface area contributed by atoms with E-state index < -0.39 is 34.5 Å². The zero-order chi connectivity index (χ0) is 18.5. The minimum atomic E-state index is -1.63. The highest BCUT2D eigenvalue weighted by atomic mass is 19.2. The first kappa shape index (κ1) is 17.0. The smallest absolute Gasteiger partial charge is 0.232 e. The lowest BCUT2D eigenvalue weighted by atomic mass is 10.0. The third-order valence-electron chi connectivity index (χ3n) is 4.16. The molecule has 0 bridgehead atoms. The lowest BCUT2D eigenvalue weighted by Gasteiger charge is -2.36. The fraction of sp³-hybridized carbons (Fsp3) is 0.312. The fourth-order valence-corrected chi connectivity index (χ4v) is 2.79. The van der Waals surface area contributed by atoms with Gasteiger partial charge in [-0.15, -0.1) is 0 Å². The average molecular weight is 352 g/mol. The van der Waals surface area contributed by atoms with Gasteiger partial charge in [-0.2, -0.15) is 10.4 Å². The van der Waals surface area contributed by atoms with E-state index in [4.69, 9.17) is 5.26 Å². The van der Waals surface area contributed by atoms with Crippen LogP contribution in [-0.4, -0.2) is 22.2 Å². The molecule has 0 aliphatic carbocycles. The number of aromatic nitrogens is 2. The predicted molar refractivity (Wildman–Crippen MR) is 79.0 cm³/mol. The highest BCUT2D eigenvalue weighted by Gasteiger charge is 2.39. The Morgan fingerprint density at radius 1 is 1.24 bits per heavy atom. The number of anilines is 1. The van der Waals surface area contributed by atoms with Gasteiger partial charge in [0.05, 0.1) is 12.1 Å². The van der Waals surface area contributed by atoms with E-state index in [9.17, 15) is 22.4 Å². The molecule has 1 fully saturated rings. The largest absolute Gasteiger partial charge is 0.295 e. The quantitative estimate of drug-likeness (QED) is 0.485. The molecule has 1 aliphatic heterocycles. The summed E-state index contributed by atoms with van der Waals surface area (Å²) in [6, 6.07) is 1.75. The molecule has 2 aromatic rings. The first-order valence-corrected chi connectivity index (χ1v) is 7.48. The van der Waals surface area contributed by atoms with E-state index in [0.717, 1.165) is 11.1 Å². The van der Waals surface area contributed by atoms with Crippen LogP contribution >= 0.6 is 0 Å². The van der Waals surface area contributed by atoms with Gasteiger partial charge in [0.15, 0.2) is 29.1 Å². The molecule has 0 saturated carbocycles. The Hall–Kier alpha value is -2.89. The first-order valence-electron chi connectivity index (χ1n) is 7.48. The Balaban J connectivity index is 2.28. The molecule has 0 spiro atoms. The van der Waals surface area contributed by atoms with E-state index in [-0.39, 0.29) is 36.2 Å². The van der Waals surface area contributed by atoms with Crippen LogP contribution in [0.2, 0.25) is 0 Å². The van der Waals surface area contributed by atoms with Crippen LogP contribution in [0.5, 0.6) is 0 Å². The van der Waals surface area contributed by atoms with Gasteiger partial charge in [0.2, 0.25) is 5.91 Å². The third kappa shape index (κ3) is 2.28. The molecule has 1 saturated heterocycles. The van der Waals surface area contributed by atoms with E-state index >= 15 is 0 Å². The molecule has 1 aliphatic rings. The van der Waals surface area contributed by atoms with Crippen molar-refractivity contribution in [2.24, 2.45) is 5.92 Å². The standard InChI is InChI=1S/C16H12F4N4O/c1-3-9-10(17)12(19)14(13(20)11(9)18)24-15(8(4-21)5-22-24)23-6-7(2)16(23)25/h5,7H,3,6H2,1-2H3. The van der Waals surface area contributed by atoms with Crippen molar-refractivity contribution in [2.45, 2.75) is 20.3 Å². The SMILES string of the molecule is CCc1c(F)c(F)c(-n2ncc(C#N)c2N2CC(C)C2=O)c(F)c1F. The average Bonchev–Trinajstić information content (AvgIpc) is 3.01. The monoisotopic (exact) mass is 352 g/mol. The molecule has 2 heterocycles. The van der Waals surface area contributed by atoms with Crippen molar-refractivity contribution in [1.29, 1.82) is 5.26 Å². The number of nitrogens with zero attached hydrogens (tertiary/aromatic N) is 4. The summed E-state index contributed by atoms with van der Waals surface area (Å²) in [4.78, 5) is 13.1. The van der Waals surface area contributed by atoms with E-state index in [1.165, 1.54) is 6.92 Å². The van der Waals surface area contributed by atoms with Crippen molar-refractivity contribution in [1.82, 2.24) is 9.78 Å². The van der Waals surface area contributed by atoms with Gasteiger partial charge in [0.1, 0.15) is 17.3 Å². The van der Waals surface area contributed by atoms with Crippen LogP contribution in [0.1, 0.15) is 25.0 Å². The summed E-state index contributed by atoms with van der Waals surface area (Å²) in [5.41, 5.74) is -1.96. The van der Waals surface area contributed by atoms with Gasteiger partial charge >= 0.3 is 0 Å².